The molecule has 0 aliphatic carbocycles. The second kappa shape index (κ2) is 8.03. The van der Waals surface area contributed by atoms with Crippen LogP contribution in [0, 0.1) is 0 Å². The van der Waals surface area contributed by atoms with Gasteiger partial charge in [0.1, 0.15) is 12.4 Å². The van der Waals surface area contributed by atoms with Crippen molar-refractivity contribution in [2.24, 2.45) is 5.84 Å². The highest BCUT2D eigenvalue weighted by atomic mass is 35.5. The molecule has 6 heteroatoms. The second-order valence-electron chi connectivity index (χ2n) is 4.74. The van der Waals surface area contributed by atoms with Crippen LogP contribution in [-0.4, -0.2) is 5.91 Å². The first kappa shape index (κ1) is 16.6. The number of carbonyl (C=O) groups is 1. The predicted octanol–water partition coefficient (Wildman–Crippen LogP) is 3.49. The van der Waals surface area contributed by atoms with Gasteiger partial charge in [-0.25, -0.2) is 5.84 Å². The van der Waals surface area contributed by atoms with Crippen LogP contribution < -0.4 is 16.0 Å². The summed E-state index contributed by atoms with van der Waals surface area (Å²) in [7, 11) is 0. The highest BCUT2D eigenvalue weighted by Gasteiger charge is 2.04. The third-order valence-electron chi connectivity index (χ3n) is 3.13. The lowest BCUT2D eigenvalue weighted by molar-refractivity contribution is -0.121. The van der Waals surface area contributed by atoms with Gasteiger partial charge in [-0.1, -0.05) is 41.4 Å². The summed E-state index contributed by atoms with van der Waals surface area (Å²) in [6.07, 6.45) is 0.989. The summed E-state index contributed by atoms with van der Waals surface area (Å²) in [6.45, 7) is 0.366. The molecular formula is C16H16Cl2N2O2. The van der Waals surface area contributed by atoms with Crippen molar-refractivity contribution in [3.63, 3.8) is 0 Å². The van der Waals surface area contributed by atoms with E-state index in [4.69, 9.17) is 33.8 Å². The number of aryl methyl sites for hydroxylation is 1. The van der Waals surface area contributed by atoms with Gasteiger partial charge in [0.05, 0.1) is 0 Å². The van der Waals surface area contributed by atoms with Gasteiger partial charge < -0.3 is 4.74 Å². The molecule has 22 heavy (non-hydrogen) atoms. The minimum absolute atomic E-state index is 0.183. The van der Waals surface area contributed by atoms with Crippen molar-refractivity contribution in [1.29, 1.82) is 0 Å². The number of ether oxygens (including phenoxy) is 1. The van der Waals surface area contributed by atoms with Crippen molar-refractivity contribution in [3.8, 4) is 5.75 Å². The maximum Gasteiger partial charge on any atom is 0.234 e. The molecular weight excluding hydrogens is 323 g/mol. The zero-order valence-electron chi connectivity index (χ0n) is 11.8. The Labute approximate surface area is 139 Å². The number of nitrogens with one attached hydrogen (secondary N) is 1. The summed E-state index contributed by atoms with van der Waals surface area (Å²) in [6, 6.07) is 12.9. The van der Waals surface area contributed by atoms with Crippen molar-refractivity contribution in [2.45, 2.75) is 19.4 Å². The molecule has 0 bridgehead atoms. The molecule has 0 aromatic heterocycles. The Bertz CT molecular complexity index is 645. The molecule has 0 heterocycles. The summed E-state index contributed by atoms with van der Waals surface area (Å²) in [5.74, 6) is 5.59. The minimum Gasteiger partial charge on any atom is -0.489 e. The van der Waals surface area contributed by atoms with E-state index in [1.807, 2.05) is 30.3 Å². The Kier molecular flexibility index (Phi) is 6.07. The molecule has 0 unspecified atom stereocenters. The molecule has 2 aromatic rings. The molecule has 1 amide bonds. The van der Waals surface area contributed by atoms with E-state index in [0.29, 0.717) is 29.5 Å². The van der Waals surface area contributed by atoms with E-state index in [1.165, 1.54) is 0 Å². The Hall–Kier alpha value is -1.75. The van der Waals surface area contributed by atoms with Crippen molar-refractivity contribution in [3.05, 3.63) is 63.6 Å². The molecule has 3 N–H and O–H groups in total. The second-order valence-corrected chi connectivity index (χ2v) is 5.58. The van der Waals surface area contributed by atoms with Crippen LogP contribution in [0.15, 0.2) is 42.5 Å². The van der Waals surface area contributed by atoms with Crippen LogP contribution in [0.25, 0.3) is 0 Å². The fourth-order valence-corrected chi connectivity index (χ4v) is 2.35. The zero-order chi connectivity index (χ0) is 15.9. The Morgan fingerprint density at radius 1 is 1.14 bits per heavy atom. The first-order valence-corrected chi connectivity index (χ1v) is 7.49. The molecule has 0 spiro atoms. The van der Waals surface area contributed by atoms with E-state index in [1.54, 1.807) is 12.1 Å². The fourth-order valence-electron chi connectivity index (χ4n) is 1.88. The van der Waals surface area contributed by atoms with Gasteiger partial charge in [-0.15, -0.1) is 0 Å². The van der Waals surface area contributed by atoms with Crippen LogP contribution in [0.4, 0.5) is 0 Å². The van der Waals surface area contributed by atoms with Gasteiger partial charge in [-0.2, -0.15) is 0 Å². The number of hydrogen-bond donors (Lipinski definition) is 2. The number of nitrogens with two attached hydrogens (primary N) is 1. The molecule has 4 nitrogen and oxygen atoms in total. The highest BCUT2D eigenvalue weighted by molar-refractivity contribution is 6.35. The van der Waals surface area contributed by atoms with Crippen LogP contribution in [-0.2, 0) is 17.8 Å². The number of amides is 1. The lowest BCUT2D eigenvalue weighted by Crippen LogP contribution is -2.30. The maximum absolute atomic E-state index is 11.1. The number of hydrogen-bond acceptors (Lipinski definition) is 3. The number of hydrazine groups is 1. The first-order chi connectivity index (χ1) is 10.6. The highest BCUT2D eigenvalue weighted by Crippen LogP contribution is 2.23. The Morgan fingerprint density at radius 3 is 2.50 bits per heavy atom. The molecule has 0 aliphatic heterocycles. The van der Waals surface area contributed by atoms with E-state index < -0.39 is 0 Å². The molecule has 0 atom stereocenters. The van der Waals surface area contributed by atoms with Crippen LogP contribution in [0.3, 0.4) is 0 Å². The summed E-state index contributed by atoms with van der Waals surface area (Å²) in [5.41, 5.74) is 4.02. The quantitative estimate of drug-likeness (QED) is 0.481. The summed E-state index contributed by atoms with van der Waals surface area (Å²) in [5, 5.41) is 1.18. The normalized spacial score (nSPS) is 10.3. The predicted molar refractivity (Wildman–Crippen MR) is 87.9 cm³/mol. The van der Waals surface area contributed by atoms with Gasteiger partial charge in [-0.3, -0.25) is 10.2 Å². The van der Waals surface area contributed by atoms with Gasteiger partial charge in [0, 0.05) is 22.0 Å². The largest absolute Gasteiger partial charge is 0.489 e. The molecule has 0 radical (unpaired) electrons. The van der Waals surface area contributed by atoms with Crippen molar-refractivity contribution in [2.75, 3.05) is 0 Å². The first-order valence-electron chi connectivity index (χ1n) is 6.73. The van der Waals surface area contributed by atoms with Crippen molar-refractivity contribution >= 4 is 29.1 Å². The number of carbonyl (C=O) groups excluding carboxylic acids is 1. The smallest absolute Gasteiger partial charge is 0.234 e. The molecule has 2 aromatic carbocycles. The van der Waals surface area contributed by atoms with Crippen molar-refractivity contribution < 1.29 is 9.53 Å². The SMILES string of the molecule is NNC(=O)CCc1ccc(OCc2ccc(Cl)cc2Cl)cc1. The zero-order valence-corrected chi connectivity index (χ0v) is 13.3. The molecule has 2 rings (SSSR count). The third kappa shape index (κ3) is 4.91. The molecule has 0 aliphatic rings. The van der Waals surface area contributed by atoms with Crippen molar-refractivity contribution in [1.82, 2.24) is 5.43 Å². The lowest BCUT2D eigenvalue weighted by atomic mass is 10.1. The Balaban J connectivity index is 1.89. The third-order valence-corrected chi connectivity index (χ3v) is 3.72. The minimum atomic E-state index is -0.183. The van der Waals surface area contributed by atoms with Gasteiger partial charge in [0.25, 0.3) is 0 Å². The Morgan fingerprint density at radius 2 is 1.86 bits per heavy atom. The van der Waals surface area contributed by atoms with E-state index in [0.717, 1.165) is 16.9 Å². The summed E-state index contributed by atoms with van der Waals surface area (Å²) in [4.78, 5) is 11.1. The van der Waals surface area contributed by atoms with Gasteiger partial charge in [-0.05, 0) is 36.2 Å². The van der Waals surface area contributed by atoms with E-state index in [9.17, 15) is 4.79 Å². The van der Waals surface area contributed by atoms with Gasteiger partial charge in [0.15, 0.2) is 0 Å². The van der Waals surface area contributed by atoms with Crippen LogP contribution in [0.2, 0.25) is 10.0 Å². The summed E-state index contributed by atoms with van der Waals surface area (Å²) < 4.78 is 5.69. The molecule has 0 fully saturated rings. The topological polar surface area (TPSA) is 64.3 Å². The van der Waals surface area contributed by atoms with Crippen LogP contribution >= 0.6 is 23.2 Å². The van der Waals surface area contributed by atoms with E-state index in [2.05, 4.69) is 5.43 Å². The van der Waals surface area contributed by atoms with E-state index >= 15 is 0 Å². The van der Waals surface area contributed by atoms with Crippen LogP contribution in [0.5, 0.6) is 5.75 Å². The average Bonchev–Trinajstić information content (AvgIpc) is 2.52. The van der Waals surface area contributed by atoms with Crippen LogP contribution in [0.1, 0.15) is 17.5 Å². The molecule has 0 saturated carbocycles. The number of halogens is 2. The standard InChI is InChI=1S/C16H16Cl2N2O2/c17-13-5-4-12(15(18)9-13)10-22-14-6-1-11(2-7-14)3-8-16(21)20-19/h1-2,4-7,9H,3,8,10,19H2,(H,20,21). The lowest BCUT2D eigenvalue weighted by Gasteiger charge is -2.09. The van der Waals surface area contributed by atoms with Gasteiger partial charge >= 0.3 is 0 Å². The number of benzene rings is 2. The van der Waals surface area contributed by atoms with Gasteiger partial charge in [0.2, 0.25) is 5.91 Å². The molecule has 116 valence electrons. The van der Waals surface area contributed by atoms with E-state index in [-0.39, 0.29) is 5.91 Å². The monoisotopic (exact) mass is 338 g/mol. The fraction of sp³-hybridized carbons (Fsp3) is 0.188. The number of rotatable bonds is 6. The maximum atomic E-state index is 11.1. The summed E-state index contributed by atoms with van der Waals surface area (Å²) >= 11 is 11.9. The average molecular weight is 339 g/mol. The molecule has 0 saturated heterocycles.